The van der Waals surface area contributed by atoms with E-state index in [0.29, 0.717) is 6.08 Å². The first-order chi connectivity index (χ1) is 17.1. The monoisotopic (exact) mass is 524 g/mol. The third-order valence-corrected chi connectivity index (χ3v) is 7.36. The molecule has 2 aromatic carbocycles. The molecule has 194 valence electrons. The van der Waals surface area contributed by atoms with E-state index in [1.807, 2.05) is 0 Å². The summed E-state index contributed by atoms with van der Waals surface area (Å²) in [6.07, 6.45) is -2.52. The summed E-state index contributed by atoms with van der Waals surface area (Å²) in [6.45, 7) is 13.1. The van der Waals surface area contributed by atoms with Crippen LogP contribution in [0.5, 0.6) is 0 Å². The molecule has 0 spiro atoms. The predicted octanol–water partition coefficient (Wildman–Crippen LogP) is 8.38. The molecular weight excluding hydrogens is 493 g/mol. The third kappa shape index (κ3) is 5.54. The minimum absolute atomic E-state index is 0.0106. The highest BCUT2D eigenvalue weighted by molar-refractivity contribution is 7.99. The molecule has 1 aromatic heterocycles. The van der Waals surface area contributed by atoms with Gasteiger partial charge in [-0.2, -0.15) is 13.2 Å². The molecule has 0 unspecified atom stereocenters. The van der Waals surface area contributed by atoms with Gasteiger partial charge in [0.2, 0.25) is 0 Å². The van der Waals surface area contributed by atoms with Crippen LogP contribution in [0.1, 0.15) is 58.4 Å². The van der Waals surface area contributed by atoms with Gasteiger partial charge in [0.1, 0.15) is 5.70 Å². The summed E-state index contributed by atoms with van der Waals surface area (Å²) < 4.78 is 38.4. The van der Waals surface area contributed by atoms with E-state index in [-0.39, 0.29) is 16.5 Å². The first-order valence-corrected chi connectivity index (χ1v) is 12.7. The molecule has 0 aliphatic carbocycles. The number of benzene rings is 2. The number of hydrogen-bond donors (Lipinski definition) is 2. The maximum atomic E-state index is 12.8. The average molecular weight is 525 g/mol. The van der Waals surface area contributed by atoms with Crippen molar-refractivity contribution in [1.29, 1.82) is 5.41 Å². The second kappa shape index (κ2) is 9.24. The molecule has 3 aromatic rings. The van der Waals surface area contributed by atoms with Gasteiger partial charge < -0.3 is 10.6 Å². The Balaban J connectivity index is 1.80. The van der Waals surface area contributed by atoms with Crippen molar-refractivity contribution >= 4 is 34.5 Å². The van der Waals surface area contributed by atoms with Crippen LogP contribution in [-0.2, 0) is 10.8 Å². The van der Waals surface area contributed by atoms with E-state index in [4.69, 9.17) is 11.1 Å². The van der Waals surface area contributed by atoms with Crippen LogP contribution < -0.4 is 10.6 Å². The fraction of sp³-hybridized carbons (Fsp3) is 0.310. The van der Waals surface area contributed by atoms with Crippen LogP contribution in [0, 0.1) is 5.41 Å². The molecule has 0 saturated heterocycles. The molecule has 0 saturated carbocycles. The van der Waals surface area contributed by atoms with Crippen LogP contribution >= 0.6 is 11.8 Å². The molecule has 3 N–H and O–H groups in total. The Kier molecular flexibility index (Phi) is 6.69. The summed E-state index contributed by atoms with van der Waals surface area (Å²) in [5.74, 6) is 0. The third-order valence-electron chi connectivity index (χ3n) is 6.26. The van der Waals surface area contributed by atoms with Gasteiger partial charge in [-0.25, -0.2) is 0 Å². The number of hydrogen-bond acceptors (Lipinski definition) is 5. The van der Waals surface area contributed by atoms with E-state index in [2.05, 4.69) is 87.8 Å². The number of aromatic nitrogens is 1. The number of rotatable bonds is 3. The van der Waals surface area contributed by atoms with E-state index in [1.165, 1.54) is 11.1 Å². The topological polar surface area (TPSA) is 66.0 Å². The molecule has 1 aliphatic heterocycles. The Labute approximate surface area is 220 Å². The summed E-state index contributed by atoms with van der Waals surface area (Å²) >= 11 is 1.73. The van der Waals surface area contributed by atoms with E-state index in [0.717, 1.165) is 26.9 Å². The molecule has 37 heavy (non-hydrogen) atoms. The summed E-state index contributed by atoms with van der Waals surface area (Å²) in [4.78, 5) is 8.65. The van der Waals surface area contributed by atoms with Gasteiger partial charge in [-0.05, 0) is 64.4 Å². The van der Waals surface area contributed by atoms with Crippen molar-refractivity contribution in [2.75, 3.05) is 4.90 Å². The van der Waals surface area contributed by atoms with Crippen LogP contribution in [0.3, 0.4) is 0 Å². The molecular formula is C29H31F3N4S. The molecule has 0 fully saturated rings. The maximum absolute atomic E-state index is 12.8. The first kappa shape index (κ1) is 26.8. The second-order valence-corrected chi connectivity index (χ2v) is 12.3. The second-order valence-electron chi connectivity index (χ2n) is 11.2. The molecule has 4 nitrogen and oxygen atoms in total. The maximum Gasteiger partial charge on any atom is 0.430 e. The van der Waals surface area contributed by atoms with E-state index >= 15 is 0 Å². The fourth-order valence-corrected chi connectivity index (χ4v) is 5.15. The predicted molar refractivity (Wildman–Crippen MR) is 146 cm³/mol. The van der Waals surface area contributed by atoms with Crippen molar-refractivity contribution in [3.63, 3.8) is 0 Å². The van der Waals surface area contributed by atoms with Crippen molar-refractivity contribution in [3.05, 3.63) is 83.3 Å². The lowest BCUT2D eigenvalue weighted by Gasteiger charge is -2.35. The van der Waals surface area contributed by atoms with Gasteiger partial charge in [0.25, 0.3) is 0 Å². The van der Waals surface area contributed by atoms with E-state index in [9.17, 15) is 13.2 Å². The van der Waals surface area contributed by atoms with Gasteiger partial charge in [-0.15, -0.1) is 0 Å². The Morgan fingerprint density at radius 1 is 0.865 bits per heavy atom. The van der Waals surface area contributed by atoms with Gasteiger partial charge in [-0.3, -0.25) is 10.4 Å². The lowest BCUT2D eigenvalue weighted by atomic mass is 9.86. The number of nitrogens with two attached hydrogens (primary N) is 1. The van der Waals surface area contributed by atoms with Gasteiger partial charge in [-0.1, -0.05) is 65.4 Å². The average Bonchev–Trinajstić information content (AvgIpc) is 2.80. The largest absolute Gasteiger partial charge is 0.430 e. The molecule has 2 heterocycles. The summed E-state index contributed by atoms with van der Waals surface area (Å²) in [7, 11) is 0. The smallest absolute Gasteiger partial charge is 0.395 e. The molecule has 0 amide bonds. The highest BCUT2D eigenvalue weighted by Crippen LogP contribution is 2.52. The highest BCUT2D eigenvalue weighted by atomic mass is 32.2. The molecule has 0 radical (unpaired) electrons. The molecule has 8 heteroatoms. The highest BCUT2D eigenvalue weighted by Gasteiger charge is 2.32. The number of anilines is 3. The Morgan fingerprint density at radius 2 is 1.38 bits per heavy atom. The molecule has 0 atom stereocenters. The molecule has 1 aliphatic rings. The zero-order valence-corrected chi connectivity index (χ0v) is 22.6. The van der Waals surface area contributed by atoms with Crippen molar-refractivity contribution in [1.82, 2.24) is 4.98 Å². The standard InChI is InChI=1S/C29H31F3N4S/c1-27(2,3)17-7-11-22-24(13-17)37-25-14-18(28(4,5)6)8-12-23(25)36(22)19-9-10-21(35-16-19)20(33)15-26(34)29(30,31)32/h7-16,33H,34H2,1-6H3. The Morgan fingerprint density at radius 3 is 1.78 bits per heavy atom. The Hall–Kier alpha value is -3.26. The molecule has 4 rings (SSSR count). The Bertz CT molecular complexity index is 1310. The number of allylic oxidation sites excluding steroid dienone is 2. The van der Waals surface area contributed by atoms with Crippen LogP contribution in [-0.4, -0.2) is 16.9 Å². The number of fused-ring (bicyclic) bond motifs is 2. The normalized spacial score (nSPS) is 14.3. The lowest BCUT2D eigenvalue weighted by molar-refractivity contribution is -0.0925. The van der Waals surface area contributed by atoms with Gasteiger partial charge >= 0.3 is 6.18 Å². The summed E-state index contributed by atoms with van der Waals surface area (Å²) in [6, 6.07) is 16.2. The van der Waals surface area contributed by atoms with Crippen molar-refractivity contribution in [3.8, 4) is 0 Å². The number of halogens is 3. The number of nitrogens with zero attached hydrogens (tertiary/aromatic N) is 2. The van der Waals surface area contributed by atoms with Crippen LogP contribution in [0.25, 0.3) is 0 Å². The van der Waals surface area contributed by atoms with Gasteiger partial charge in [0.05, 0.1) is 34.7 Å². The minimum atomic E-state index is -4.69. The van der Waals surface area contributed by atoms with Crippen LogP contribution in [0.4, 0.5) is 30.2 Å². The summed E-state index contributed by atoms with van der Waals surface area (Å²) in [5, 5.41) is 8.02. The van der Waals surface area contributed by atoms with E-state index < -0.39 is 17.6 Å². The zero-order chi connectivity index (χ0) is 27.3. The van der Waals surface area contributed by atoms with Gasteiger partial charge in [0.15, 0.2) is 0 Å². The van der Waals surface area contributed by atoms with Crippen molar-refractivity contribution in [2.24, 2.45) is 5.73 Å². The SMILES string of the molecule is CC(C)(C)c1ccc2c(c1)Sc1cc(C(C)(C)C)ccc1N2c1ccc(C(=N)C=C(N)C(F)(F)F)nc1. The number of alkyl halides is 3. The lowest BCUT2D eigenvalue weighted by Crippen LogP contribution is -2.21. The minimum Gasteiger partial charge on any atom is -0.395 e. The quantitative estimate of drug-likeness (QED) is 0.264. The fourth-order valence-electron chi connectivity index (χ4n) is 4.01. The first-order valence-electron chi connectivity index (χ1n) is 11.9. The number of nitrogens with one attached hydrogen (secondary N) is 1. The zero-order valence-electron chi connectivity index (χ0n) is 21.8. The number of pyridine rings is 1. The van der Waals surface area contributed by atoms with Crippen LogP contribution in [0.15, 0.2) is 76.3 Å². The van der Waals surface area contributed by atoms with Crippen molar-refractivity contribution in [2.45, 2.75) is 68.3 Å². The molecule has 0 bridgehead atoms. The van der Waals surface area contributed by atoms with Gasteiger partial charge in [0, 0.05) is 9.79 Å². The van der Waals surface area contributed by atoms with Crippen molar-refractivity contribution < 1.29 is 13.2 Å². The van der Waals surface area contributed by atoms with E-state index in [1.54, 1.807) is 30.1 Å². The van der Waals surface area contributed by atoms with Crippen LogP contribution in [0.2, 0.25) is 0 Å². The summed E-state index contributed by atoms with van der Waals surface area (Å²) in [5.41, 5.74) is 8.64.